The van der Waals surface area contributed by atoms with Crippen LogP contribution in [0.5, 0.6) is 0 Å². The quantitative estimate of drug-likeness (QED) is 0.172. The van der Waals surface area contributed by atoms with Crippen molar-refractivity contribution in [2.45, 2.75) is 0 Å². The minimum absolute atomic E-state index is 0.657. The number of hydrogen-bond acceptors (Lipinski definition) is 4. The molecule has 2 heterocycles. The zero-order chi connectivity index (χ0) is 34.9. The van der Waals surface area contributed by atoms with Gasteiger partial charge in [0.25, 0.3) is 0 Å². The van der Waals surface area contributed by atoms with E-state index in [1.165, 1.54) is 63.6 Å². The lowest BCUT2D eigenvalue weighted by Gasteiger charge is -2.14. The van der Waals surface area contributed by atoms with Crippen molar-refractivity contribution < 1.29 is 0 Å². The minimum atomic E-state index is 0.657. The van der Waals surface area contributed by atoms with Crippen molar-refractivity contribution >= 4 is 74.6 Å². The molecule has 0 radical (unpaired) electrons. The van der Waals surface area contributed by atoms with Gasteiger partial charge in [-0.1, -0.05) is 152 Å². The first-order valence-electron chi connectivity index (χ1n) is 17.9. The average Bonchev–Trinajstić information content (AvgIpc) is 3.62. The van der Waals surface area contributed by atoms with Crippen LogP contribution < -0.4 is 0 Å². The fourth-order valence-electron chi connectivity index (χ4n) is 8.04. The molecule has 0 amide bonds. The Bertz CT molecular complexity index is 3160. The van der Waals surface area contributed by atoms with E-state index in [0.717, 1.165) is 27.5 Å². The second kappa shape index (κ2) is 11.9. The van der Waals surface area contributed by atoms with Crippen molar-refractivity contribution in [3.63, 3.8) is 0 Å². The lowest BCUT2D eigenvalue weighted by molar-refractivity contribution is 1.08. The van der Waals surface area contributed by atoms with Gasteiger partial charge in [-0.05, 0) is 78.5 Å². The maximum atomic E-state index is 5.06. The molecular formula is C49H29N3S. The molecule has 0 aliphatic rings. The highest BCUT2D eigenvalue weighted by Crippen LogP contribution is 2.43. The predicted molar refractivity (Wildman–Crippen MR) is 224 cm³/mol. The Kier molecular flexibility index (Phi) is 6.73. The number of aromatic nitrogens is 3. The van der Waals surface area contributed by atoms with Gasteiger partial charge >= 0.3 is 0 Å². The van der Waals surface area contributed by atoms with E-state index in [1.807, 2.05) is 72.0 Å². The molecule has 0 spiro atoms. The molecule has 0 unspecified atom stereocenters. The molecule has 11 rings (SSSR count). The Morgan fingerprint density at radius 3 is 1.60 bits per heavy atom. The van der Waals surface area contributed by atoms with E-state index in [0.29, 0.717) is 17.5 Å². The van der Waals surface area contributed by atoms with Gasteiger partial charge in [0, 0.05) is 36.9 Å². The van der Waals surface area contributed by atoms with E-state index in [1.54, 1.807) is 0 Å². The van der Waals surface area contributed by atoms with Crippen LogP contribution in [0.2, 0.25) is 0 Å². The van der Waals surface area contributed by atoms with Crippen molar-refractivity contribution in [1.82, 2.24) is 15.0 Å². The van der Waals surface area contributed by atoms with Crippen LogP contribution >= 0.6 is 11.3 Å². The molecule has 0 saturated heterocycles. The van der Waals surface area contributed by atoms with Crippen LogP contribution in [0.15, 0.2) is 176 Å². The third-order valence-electron chi connectivity index (χ3n) is 10.5. The Balaban J connectivity index is 1.08. The van der Waals surface area contributed by atoms with Crippen LogP contribution in [-0.4, -0.2) is 15.0 Å². The first kappa shape index (κ1) is 29.9. The zero-order valence-electron chi connectivity index (χ0n) is 28.5. The van der Waals surface area contributed by atoms with Gasteiger partial charge in [-0.2, -0.15) is 0 Å². The van der Waals surface area contributed by atoms with E-state index in [2.05, 4.69) is 115 Å². The van der Waals surface area contributed by atoms with E-state index in [9.17, 15) is 0 Å². The smallest absolute Gasteiger partial charge is 0.164 e. The number of hydrogen-bond donors (Lipinski definition) is 0. The number of benzene rings is 9. The first-order valence-corrected chi connectivity index (χ1v) is 18.7. The van der Waals surface area contributed by atoms with Gasteiger partial charge in [0.15, 0.2) is 17.5 Å². The fourth-order valence-corrected chi connectivity index (χ4v) is 9.16. The molecule has 0 fully saturated rings. The monoisotopic (exact) mass is 691 g/mol. The molecule has 3 nitrogen and oxygen atoms in total. The van der Waals surface area contributed by atoms with Gasteiger partial charge < -0.3 is 0 Å². The highest BCUT2D eigenvalue weighted by Gasteiger charge is 2.17. The van der Waals surface area contributed by atoms with Crippen LogP contribution in [0.25, 0.3) is 109 Å². The Hall–Kier alpha value is -6.75. The van der Waals surface area contributed by atoms with Crippen molar-refractivity contribution in [3.05, 3.63) is 176 Å². The summed E-state index contributed by atoms with van der Waals surface area (Å²) in [5, 5.41) is 12.6. The summed E-state index contributed by atoms with van der Waals surface area (Å²) in [5.74, 6) is 1.97. The van der Waals surface area contributed by atoms with Gasteiger partial charge in [-0.15, -0.1) is 11.3 Å². The predicted octanol–water partition coefficient (Wildman–Crippen LogP) is 13.5. The SMILES string of the molecule is c1ccc(-c2nc(-c3ccccc3)nc(-c3ccc(-c4ccc5c(ccc6ccc7c(ccc8sc9ccccc9c87)c65)c4)c4ccccc34)n2)cc1. The summed E-state index contributed by atoms with van der Waals surface area (Å²) < 4.78 is 2.67. The lowest BCUT2D eigenvalue weighted by atomic mass is 9.91. The molecule has 0 N–H and O–H groups in total. The molecule has 4 heteroatoms. The van der Waals surface area contributed by atoms with E-state index >= 15 is 0 Å². The Morgan fingerprint density at radius 2 is 0.849 bits per heavy atom. The minimum Gasteiger partial charge on any atom is -0.208 e. The molecule has 9 aromatic carbocycles. The van der Waals surface area contributed by atoms with E-state index < -0.39 is 0 Å². The highest BCUT2D eigenvalue weighted by atomic mass is 32.1. The van der Waals surface area contributed by atoms with Crippen molar-refractivity contribution in [3.8, 4) is 45.3 Å². The largest absolute Gasteiger partial charge is 0.208 e. The van der Waals surface area contributed by atoms with Gasteiger partial charge in [0.2, 0.25) is 0 Å². The normalized spacial score (nSPS) is 11.8. The molecule has 11 aromatic rings. The van der Waals surface area contributed by atoms with Gasteiger partial charge in [-0.3, -0.25) is 0 Å². The topological polar surface area (TPSA) is 38.7 Å². The summed E-state index contributed by atoms with van der Waals surface area (Å²) >= 11 is 1.87. The second-order valence-corrected chi connectivity index (χ2v) is 14.6. The molecule has 0 aliphatic heterocycles. The van der Waals surface area contributed by atoms with Crippen LogP contribution in [0.4, 0.5) is 0 Å². The highest BCUT2D eigenvalue weighted by molar-refractivity contribution is 7.26. The third kappa shape index (κ3) is 4.84. The van der Waals surface area contributed by atoms with Crippen molar-refractivity contribution in [1.29, 1.82) is 0 Å². The molecule has 0 saturated carbocycles. The Morgan fingerprint density at radius 1 is 0.302 bits per heavy atom. The summed E-state index contributed by atoms with van der Waals surface area (Å²) in [7, 11) is 0. The maximum Gasteiger partial charge on any atom is 0.164 e. The molecular weight excluding hydrogens is 663 g/mol. The van der Waals surface area contributed by atoms with Crippen LogP contribution in [0, 0.1) is 0 Å². The fraction of sp³-hybridized carbons (Fsp3) is 0. The van der Waals surface area contributed by atoms with Crippen LogP contribution in [0.1, 0.15) is 0 Å². The molecule has 53 heavy (non-hydrogen) atoms. The van der Waals surface area contributed by atoms with Gasteiger partial charge in [-0.25, -0.2) is 15.0 Å². The Labute approximate surface area is 309 Å². The van der Waals surface area contributed by atoms with Crippen LogP contribution in [0.3, 0.4) is 0 Å². The summed E-state index contributed by atoms with van der Waals surface area (Å²) in [4.78, 5) is 15.0. The maximum absolute atomic E-state index is 5.06. The summed E-state index contributed by atoms with van der Waals surface area (Å²) in [5.41, 5.74) is 5.25. The van der Waals surface area contributed by atoms with Gasteiger partial charge in [0.05, 0.1) is 0 Å². The first-order chi connectivity index (χ1) is 26.3. The number of nitrogens with zero attached hydrogens (tertiary/aromatic N) is 3. The number of rotatable bonds is 4. The summed E-state index contributed by atoms with van der Waals surface area (Å²) in [6.07, 6.45) is 0. The van der Waals surface area contributed by atoms with E-state index in [-0.39, 0.29) is 0 Å². The third-order valence-corrected chi connectivity index (χ3v) is 11.6. The van der Waals surface area contributed by atoms with Gasteiger partial charge in [0.1, 0.15) is 0 Å². The molecule has 0 atom stereocenters. The van der Waals surface area contributed by atoms with Crippen LogP contribution in [-0.2, 0) is 0 Å². The number of fused-ring (bicyclic) bond motifs is 10. The molecule has 2 aromatic heterocycles. The molecule has 246 valence electrons. The standard InChI is InChI=1S/C49H29N3S/c1-3-11-31(12-4-1)47-50-48(32-13-5-2-6-14-32)52-49(51-47)41-26-25-35(37-15-7-8-16-38(37)41)33-22-23-36-34(29-33)20-19-30-21-24-40-39(45(30)36)27-28-44-46(40)42-17-9-10-18-43(42)53-44/h1-29H. The number of thiophene rings is 1. The zero-order valence-corrected chi connectivity index (χ0v) is 29.3. The average molecular weight is 692 g/mol. The lowest BCUT2D eigenvalue weighted by Crippen LogP contribution is -2.00. The summed E-state index contributed by atoms with van der Waals surface area (Å²) in [6, 6.07) is 62.8. The van der Waals surface area contributed by atoms with Crippen molar-refractivity contribution in [2.24, 2.45) is 0 Å². The van der Waals surface area contributed by atoms with Crippen molar-refractivity contribution in [2.75, 3.05) is 0 Å². The molecule has 0 bridgehead atoms. The van der Waals surface area contributed by atoms with E-state index in [4.69, 9.17) is 15.0 Å². The second-order valence-electron chi connectivity index (χ2n) is 13.5. The molecule has 0 aliphatic carbocycles. The summed E-state index contributed by atoms with van der Waals surface area (Å²) in [6.45, 7) is 0.